The smallest absolute Gasteiger partial charge is 0.138 e. The van der Waals surface area contributed by atoms with Gasteiger partial charge in [-0.2, -0.15) is 0 Å². The second-order valence-corrected chi connectivity index (χ2v) is 10.3. The Bertz CT molecular complexity index is 2260. The summed E-state index contributed by atoms with van der Waals surface area (Å²) in [6.45, 7) is 0. The van der Waals surface area contributed by atoms with Gasteiger partial charge in [-0.05, 0) is 57.6 Å². The highest BCUT2D eigenvalue weighted by molar-refractivity contribution is 6.16. The summed E-state index contributed by atoms with van der Waals surface area (Å²) in [5.74, 6) is 0.881. The predicted molar refractivity (Wildman–Crippen MR) is 172 cm³/mol. The molecule has 41 heavy (non-hydrogen) atoms. The van der Waals surface area contributed by atoms with Crippen LogP contribution in [0.4, 0.5) is 0 Å². The Hall–Kier alpha value is -5.54. The van der Waals surface area contributed by atoms with Crippen molar-refractivity contribution in [3.8, 4) is 22.5 Å². The zero-order valence-corrected chi connectivity index (χ0v) is 22.3. The number of nitrogens with one attached hydrogen (secondary N) is 2. The van der Waals surface area contributed by atoms with Gasteiger partial charge in [0.25, 0.3) is 0 Å². The Morgan fingerprint density at radius 1 is 0.463 bits per heavy atom. The largest absolute Gasteiger partial charge is 0.456 e. The summed E-state index contributed by atoms with van der Waals surface area (Å²) in [6.07, 6.45) is 1.95. The van der Waals surface area contributed by atoms with Crippen LogP contribution in [-0.2, 0) is 0 Å². The van der Waals surface area contributed by atoms with Crippen LogP contribution in [0.25, 0.3) is 76.9 Å². The molecular weight excluding hydrogens is 500 g/mol. The van der Waals surface area contributed by atoms with Crippen molar-refractivity contribution in [3.05, 3.63) is 146 Å². The van der Waals surface area contributed by atoms with Crippen LogP contribution in [0.3, 0.4) is 0 Å². The number of hydrogen-bond acceptors (Lipinski definition) is 1. The van der Waals surface area contributed by atoms with Crippen molar-refractivity contribution in [2.24, 2.45) is 0 Å². The molecule has 0 spiro atoms. The summed E-state index contributed by atoms with van der Waals surface area (Å²) in [5, 5.41) is 7.29. The van der Waals surface area contributed by atoms with Gasteiger partial charge in [0.1, 0.15) is 11.3 Å². The van der Waals surface area contributed by atoms with Crippen molar-refractivity contribution >= 4 is 54.5 Å². The van der Waals surface area contributed by atoms with Crippen molar-refractivity contribution in [3.63, 3.8) is 0 Å². The van der Waals surface area contributed by atoms with Crippen molar-refractivity contribution in [1.29, 1.82) is 0 Å². The van der Waals surface area contributed by atoms with Crippen LogP contribution in [0.1, 0.15) is 0 Å². The van der Waals surface area contributed by atoms with Crippen molar-refractivity contribution in [2.75, 3.05) is 0 Å². The van der Waals surface area contributed by atoms with E-state index in [9.17, 15) is 0 Å². The van der Waals surface area contributed by atoms with Crippen LogP contribution < -0.4 is 0 Å². The number of H-pyrrole nitrogens is 2. The molecule has 0 amide bonds. The average molecular weight is 527 g/mol. The number of furan rings is 1. The maximum Gasteiger partial charge on any atom is 0.138 e. The molecule has 3 heterocycles. The first-order valence-electron chi connectivity index (χ1n) is 13.9. The number of rotatable bonds is 2. The first-order valence-corrected chi connectivity index (χ1v) is 13.9. The van der Waals surface area contributed by atoms with E-state index in [0.29, 0.717) is 0 Å². The summed E-state index contributed by atoms with van der Waals surface area (Å²) >= 11 is 0. The molecule has 3 nitrogen and oxygen atoms in total. The Labute approximate surface area is 236 Å². The third-order valence-corrected chi connectivity index (χ3v) is 7.90. The Morgan fingerprint density at radius 2 is 1.17 bits per heavy atom. The molecule has 0 aliphatic heterocycles. The molecule has 0 atom stereocenters. The normalized spacial score (nSPS) is 11.4. The van der Waals surface area contributed by atoms with E-state index < -0.39 is 0 Å². The van der Waals surface area contributed by atoms with E-state index in [1.54, 1.807) is 0 Å². The van der Waals surface area contributed by atoms with E-state index in [1.165, 1.54) is 43.6 Å². The maximum atomic E-state index is 6.41. The van der Waals surface area contributed by atoms with Crippen LogP contribution in [0.5, 0.6) is 0 Å². The number of para-hydroxylation sites is 3. The standard InChI is InChI=1S/C30H19NO.C8H7N/c1-3-11-21-19(8-1)10-7-13-22(21)24-16-17-25-23-12-4-5-14-26(23)31-30(25)29(24)28-18-20-9-2-6-15-27(20)32-28;1-2-4-8-7(3-1)5-6-9-8/h1-18,31H;1-6,9H. The highest BCUT2D eigenvalue weighted by atomic mass is 16.3. The second kappa shape index (κ2) is 9.58. The first-order chi connectivity index (χ1) is 20.3. The van der Waals surface area contributed by atoms with Gasteiger partial charge in [0.2, 0.25) is 0 Å². The van der Waals surface area contributed by atoms with Gasteiger partial charge < -0.3 is 14.4 Å². The lowest BCUT2D eigenvalue weighted by molar-refractivity contribution is 0.632. The monoisotopic (exact) mass is 526 g/mol. The lowest BCUT2D eigenvalue weighted by Gasteiger charge is -2.12. The molecule has 9 rings (SSSR count). The zero-order chi connectivity index (χ0) is 27.2. The van der Waals surface area contributed by atoms with Crippen LogP contribution in [0.2, 0.25) is 0 Å². The fraction of sp³-hybridized carbons (Fsp3) is 0. The zero-order valence-electron chi connectivity index (χ0n) is 22.3. The van der Waals surface area contributed by atoms with Gasteiger partial charge in [0.05, 0.1) is 5.52 Å². The molecule has 0 aliphatic rings. The second-order valence-electron chi connectivity index (χ2n) is 10.3. The molecule has 0 unspecified atom stereocenters. The number of aromatic nitrogens is 2. The first kappa shape index (κ1) is 23.4. The molecule has 9 aromatic rings. The molecule has 0 aliphatic carbocycles. The van der Waals surface area contributed by atoms with Gasteiger partial charge in [-0.3, -0.25) is 0 Å². The van der Waals surface area contributed by atoms with Crippen LogP contribution in [-0.4, -0.2) is 9.97 Å². The molecule has 6 aromatic carbocycles. The Morgan fingerprint density at radius 3 is 2.02 bits per heavy atom. The average Bonchev–Trinajstić information content (AvgIpc) is 3.77. The van der Waals surface area contributed by atoms with E-state index in [4.69, 9.17) is 4.42 Å². The van der Waals surface area contributed by atoms with E-state index in [-0.39, 0.29) is 0 Å². The molecule has 0 saturated heterocycles. The summed E-state index contributed by atoms with van der Waals surface area (Å²) < 4.78 is 6.41. The molecule has 0 bridgehead atoms. The number of fused-ring (bicyclic) bond motifs is 6. The van der Waals surface area contributed by atoms with Gasteiger partial charge in [-0.25, -0.2) is 0 Å². The van der Waals surface area contributed by atoms with Gasteiger partial charge in [0.15, 0.2) is 0 Å². The van der Waals surface area contributed by atoms with E-state index >= 15 is 0 Å². The van der Waals surface area contributed by atoms with E-state index in [0.717, 1.165) is 33.3 Å². The van der Waals surface area contributed by atoms with Gasteiger partial charge in [-0.1, -0.05) is 109 Å². The van der Waals surface area contributed by atoms with Gasteiger partial charge in [-0.15, -0.1) is 0 Å². The Kier molecular flexibility index (Phi) is 5.46. The minimum absolute atomic E-state index is 0.881. The van der Waals surface area contributed by atoms with Crippen molar-refractivity contribution in [1.82, 2.24) is 9.97 Å². The SMILES string of the molecule is c1ccc2[nH]ccc2c1.c1ccc2oc(-c3c(-c4cccc5ccccc45)ccc4c3[nH]c3ccccc34)cc2c1. The Balaban J connectivity index is 0.000000242. The lowest BCUT2D eigenvalue weighted by Crippen LogP contribution is -1.88. The van der Waals surface area contributed by atoms with Crippen molar-refractivity contribution < 1.29 is 4.42 Å². The molecule has 194 valence electrons. The quantitative estimate of drug-likeness (QED) is 0.231. The highest BCUT2D eigenvalue weighted by Gasteiger charge is 2.19. The predicted octanol–water partition coefficient (Wildman–Crippen LogP) is 10.7. The summed E-state index contributed by atoms with van der Waals surface area (Å²) in [4.78, 5) is 6.81. The number of benzene rings is 6. The summed E-state index contributed by atoms with van der Waals surface area (Å²) in [5.41, 5.74) is 7.83. The molecule has 0 fully saturated rings. The fourth-order valence-electron chi connectivity index (χ4n) is 5.96. The van der Waals surface area contributed by atoms with Gasteiger partial charge >= 0.3 is 0 Å². The minimum Gasteiger partial charge on any atom is -0.456 e. The number of hydrogen-bond donors (Lipinski definition) is 2. The minimum atomic E-state index is 0.881. The molecule has 2 N–H and O–H groups in total. The van der Waals surface area contributed by atoms with Crippen LogP contribution in [0.15, 0.2) is 150 Å². The lowest BCUT2D eigenvalue weighted by atomic mass is 9.92. The highest BCUT2D eigenvalue weighted by Crippen LogP contribution is 2.43. The summed E-state index contributed by atoms with van der Waals surface area (Å²) in [6, 6.07) is 48.7. The van der Waals surface area contributed by atoms with Crippen LogP contribution >= 0.6 is 0 Å². The van der Waals surface area contributed by atoms with E-state index in [2.05, 4.69) is 125 Å². The van der Waals surface area contributed by atoms with E-state index in [1.807, 2.05) is 30.5 Å². The maximum absolute atomic E-state index is 6.41. The third-order valence-electron chi connectivity index (χ3n) is 7.90. The third kappa shape index (κ3) is 3.98. The fourth-order valence-corrected chi connectivity index (χ4v) is 5.96. The van der Waals surface area contributed by atoms with Crippen molar-refractivity contribution in [2.45, 2.75) is 0 Å². The van der Waals surface area contributed by atoms with Gasteiger partial charge in [0, 0.05) is 39.0 Å². The summed E-state index contributed by atoms with van der Waals surface area (Å²) in [7, 11) is 0. The van der Waals surface area contributed by atoms with Crippen LogP contribution in [0, 0.1) is 0 Å². The topological polar surface area (TPSA) is 44.7 Å². The molecular formula is C38H26N2O. The number of aromatic amines is 2. The molecule has 0 radical (unpaired) electrons. The molecule has 3 aromatic heterocycles. The molecule has 3 heteroatoms. The molecule has 0 saturated carbocycles.